The van der Waals surface area contributed by atoms with Crippen LogP contribution in [0.4, 0.5) is 0 Å². The lowest BCUT2D eigenvalue weighted by molar-refractivity contribution is 0.477. The topological polar surface area (TPSA) is 46.0 Å². The van der Waals surface area contributed by atoms with Crippen molar-refractivity contribution in [3.8, 4) is 61.8 Å². The molecule has 2 aromatic heterocycles. The average Bonchev–Trinajstić information content (AvgIpc) is 3.15. The minimum Gasteiger partial charge on any atom is -0.507 e. The van der Waals surface area contributed by atoms with E-state index in [0.29, 0.717) is 5.56 Å². The summed E-state index contributed by atoms with van der Waals surface area (Å²) >= 11 is 0. The Hall–Kier alpha value is -5.80. The van der Waals surface area contributed by atoms with E-state index in [4.69, 9.17) is 9.97 Å². The molecular formula is C47H42N2O. The molecule has 0 atom stereocenters. The van der Waals surface area contributed by atoms with Crippen molar-refractivity contribution in [3.63, 3.8) is 0 Å². The van der Waals surface area contributed by atoms with Crippen LogP contribution in [0.5, 0.6) is 5.75 Å². The van der Waals surface area contributed by atoms with Crippen molar-refractivity contribution in [2.24, 2.45) is 0 Å². The molecule has 7 rings (SSSR count). The molecule has 0 amide bonds. The number of phenols is 1. The molecule has 1 N–H and O–H groups in total. The molecule has 0 aliphatic heterocycles. The summed E-state index contributed by atoms with van der Waals surface area (Å²) in [4.78, 5) is 10.0. The first-order valence-electron chi connectivity index (χ1n) is 17.2. The number of para-hydroxylation sites is 1. The van der Waals surface area contributed by atoms with E-state index in [2.05, 4.69) is 156 Å². The Bertz CT molecular complexity index is 2260. The van der Waals surface area contributed by atoms with Gasteiger partial charge in [-0.05, 0) is 99.0 Å². The number of rotatable bonds is 7. The van der Waals surface area contributed by atoms with E-state index in [-0.39, 0.29) is 16.6 Å². The lowest BCUT2D eigenvalue weighted by Crippen LogP contribution is -2.18. The number of pyridine rings is 2. The molecule has 3 heteroatoms. The average molecular weight is 651 g/mol. The first-order chi connectivity index (χ1) is 24.1. The van der Waals surface area contributed by atoms with Crippen LogP contribution >= 0.6 is 0 Å². The van der Waals surface area contributed by atoms with Gasteiger partial charge in [0, 0.05) is 28.3 Å². The Morgan fingerprint density at radius 1 is 0.420 bits per heavy atom. The number of nitrogens with zero attached hydrogens (tertiary/aromatic N) is 2. The van der Waals surface area contributed by atoms with E-state index in [9.17, 15) is 5.11 Å². The third-order valence-electron chi connectivity index (χ3n) is 9.70. The van der Waals surface area contributed by atoms with Gasteiger partial charge in [-0.1, -0.05) is 132 Å². The zero-order valence-corrected chi connectivity index (χ0v) is 29.4. The monoisotopic (exact) mass is 650 g/mol. The van der Waals surface area contributed by atoms with Crippen molar-refractivity contribution >= 4 is 0 Å². The van der Waals surface area contributed by atoms with Crippen molar-refractivity contribution in [1.82, 2.24) is 9.97 Å². The van der Waals surface area contributed by atoms with Gasteiger partial charge < -0.3 is 5.11 Å². The summed E-state index contributed by atoms with van der Waals surface area (Å²) < 4.78 is 0. The van der Waals surface area contributed by atoms with Crippen LogP contribution in [0.15, 0.2) is 158 Å². The standard InChI is InChI=1S/C47H42N2O/c1-46(2,3)40-27-36(42-29-34(24-25-48-42)32-14-8-6-9-15-32)26-37(28-40)43-30-35(31-44(49-43)41-18-12-13-19-45(41)50)33-20-22-39(23-21-33)47(4,5)38-16-10-7-11-17-38/h6-31,50H,1-5H3. The molecule has 0 aliphatic carbocycles. The van der Waals surface area contributed by atoms with Crippen molar-refractivity contribution in [2.45, 2.75) is 45.4 Å². The molecule has 246 valence electrons. The zero-order chi connectivity index (χ0) is 34.9. The van der Waals surface area contributed by atoms with E-state index >= 15 is 0 Å². The first kappa shape index (κ1) is 32.7. The van der Waals surface area contributed by atoms with Crippen LogP contribution in [0.3, 0.4) is 0 Å². The highest BCUT2D eigenvalue weighted by atomic mass is 16.3. The molecule has 0 aliphatic rings. The van der Waals surface area contributed by atoms with Gasteiger partial charge in [-0.25, -0.2) is 4.98 Å². The van der Waals surface area contributed by atoms with Gasteiger partial charge in [-0.2, -0.15) is 0 Å². The largest absolute Gasteiger partial charge is 0.507 e. The van der Waals surface area contributed by atoms with Crippen LogP contribution in [-0.2, 0) is 10.8 Å². The first-order valence-corrected chi connectivity index (χ1v) is 17.2. The van der Waals surface area contributed by atoms with Crippen molar-refractivity contribution in [3.05, 3.63) is 175 Å². The minimum absolute atomic E-state index is 0.110. The molecule has 0 saturated heterocycles. The van der Waals surface area contributed by atoms with Gasteiger partial charge in [-0.3, -0.25) is 4.98 Å². The summed E-state index contributed by atoms with van der Waals surface area (Å²) in [5.74, 6) is 0.203. The quantitative estimate of drug-likeness (QED) is 0.187. The van der Waals surface area contributed by atoms with Crippen LogP contribution in [0.2, 0.25) is 0 Å². The van der Waals surface area contributed by atoms with Gasteiger partial charge in [0.2, 0.25) is 0 Å². The number of hydrogen-bond donors (Lipinski definition) is 1. The molecule has 7 aromatic rings. The number of aromatic nitrogens is 2. The summed E-state index contributed by atoms with van der Waals surface area (Å²) in [6, 6.07) is 52.5. The number of aromatic hydroxyl groups is 1. The van der Waals surface area contributed by atoms with E-state index < -0.39 is 0 Å². The summed E-state index contributed by atoms with van der Waals surface area (Å²) in [6.07, 6.45) is 1.89. The molecule has 50 heavy (non-hydrogen) atoms. The minimum atomic E-state index is -0.139. The van der Waals surface area contributed by atoms with Gasteiger partial charge in [0.05, 0.1) is 17.1 Å². The Morgan fingerprint density at radius 3 is 1.66 bits per heavy atom. The van der Waals surface area contributed by atoms with E-state index in [0.717, 1.165) is 50.5 Å². The SMILES string of the molecule is CC(C)(C)c1cc(-c2cc(-c3ccccc3)ccn2)cc(-c2cc(-c3ccc(C(C)(C)c4ccccc4)cc3)cc(-c3ccccc3O)n2)c1. The van der Waals surface area contributed by atoms with E-state index in [1.54, 1.807) is 6.07 Å². The molecule has 0 radical (unpaired) electrons. The lowest BCUT2D eigenvalue weighted by atomic mass is 9.78. The summed E-state index contributed by atoms with van der Waals surface area (Å²) in [7, 11) is 0. The highest BCUT2D eigenvalue weighted by Gasteiger charge is 2.23. The summed E-state index contributed by atoms with van der Waals surface area (Å²) in [5, 5.41) is 10.9. The van der Waals surface area contributed by atoms with E-state index in [1.165, 1.54) is 16.7 Å². The Kier molecular flexibility index (Phi) is 8.67. The molecular weight excluding hydrogens is 609 g/mol. The second kappa shape index (κ2) is 13.2. The maximum atomic E-state index is 10.9. The van der Waals surface area contributed by atoms with Gasteiger partial charge in [-0.15, -0.1) is 0 Å². The molecule has 3 nitrogen and oxygen atoms in total. The van der Waals surface area contributed by atoms with Crippen LogP contribution in [-0.4, -0.2) is 15.1 Å². The van der Waals surface area contributed by atoms with Gasteiger partial charge >= 0.3 is 0 Å². The molecule has 0 spiro atoms. The number of phenolic OH excluding ortho intramolecular Hbond substituents is 1. The van der Waals surface area contributed by atoms with Crippen LogP contribution in [0.25, 0.3) is 56.0 Å². The predicted molar refractivity (Wildman–Crippen MR) is 208 cm³/mol. The second-order valence-electron chi connectivity index (χ2n) is 14.6. The fourth-order valence-electron chi connectivity index (χ4n) is 6.53. The highest BCUT2D eigenvalue weighted by molar-refractivity contribution is 5.81. The molecule has 2 heterocycles. The summed E-state index contributed by atoms with van der Waals surface area (Å²) in [5.41, 5.74) is 13.1. The van der Waals surface area contributed by atoms with Crippen LogP contribution in [0.1, 0.15) is 51.3 Å². The van der Waals surface area contributed by atoms with Crippen molar-refractivity contribution in [1.29, 1.82) is 0 Å². The molecule has 0 saturated carbocycles. The molecule has 0 unspecified atom stereocenters. The van der Waals surface area contributed by atoms with Crippen LogP contribution in [0, 0.1) is 0 Å². The van der Waals surface area contributed by atoms with Crippen molar-refractivity contribution in [2.75, 3.05) is 0 Å². The fourth-order valence-corrected chi connectivity index (χ4v) is 6.53. The smallest absolute Gasteiger partial charge is 0.124 e. The Labute approximate surface area is 296 Å². The molecule has 5 aromatic carbocycles. The van der Waals surface area contributed by atoms with Gasteiger partial charge in [0.1, 0.15) is 5.75 Å². The normalized spacial score (nSPS) is 11.8. The van der Waals surface area contributed by atoms with Crippen LogP contribution < -0.4 is 0 Å². The Balaban J connectivity index is 1.37. The molecule has 0 bridgehead atoms. The molecule has 0 fully saturated rings. The zero-order valence-electron chi connectivity index (χ0n) is 29.4. The third kappa shape index (κ3) is 6.73. The van der Waals surface area contributed by atoms with Gasteiger partial charge in [0.25, 0.3) is 0 Å². The number of hydrogen-bond acceptors (Lipinski definition) is 3. The Morgan fingerprint density at radius 2 is 0.980 bits per heavy atom. The van der Waals surface area contributed by atoms with Crippen molar-refractivity contribution < 1.29 is 5.11 Å². The third-order valence-corrected chi connectivity index (χ3v) is 9.70. The second-order valence-corrected chi connectivity index (χ2v) is 14.6. The fraction of sp³-hybridized carbons (Fsp3) is 0.149. The van der Waals surface area contributed by atoms with E-state index in [1.807, 2.05) is 30.5 Å². The van der Waals surface area contributed by atoms with Gasteiger partial charge in [0.15, 0.2) is 0 Å². The number of benzene rings is 5. The predicted octanol–water partition coefficient (Wildman–Crippen LogP) is 12.1. The lowest BCUT2D eigenvalue weighted by Gasteiger charge is -2.26. The maximum Gasteiger partial charge on any atom is 0.124 e. The highest BCUT2D eigenvalue weighted by Crippen LogP contribution is 2.38. The summed E-state index contributed by atoms with van der Waals surface area (Å²) in [6.45, 7) is 11.2. The maximum absolute atomic E-state index is 10.9.